The Morgan fingerprint density at radius 1 is 1.30 bits per heavy atom. The fourth-order valence-corrected chi connectivity index (χ4v) is 2.48. The Bertz CT molecular complexity index is 849. The second kappa shape index (κ2) is 6.35. The number of hydrogen-bond acceptors (Lipinski definition) is 3. The SMILES string of the molecule is NC(=O)Cn1cc(C(=O)NCCc2c[nH]c3ccccc23)cn1. The first-order valence-corrected chi connectivity index (χ1v) is 7.27. The number of H-pyrrole nitrogens is 1. The van der Waals surface area contributed by atoms with Crippen LogP contribution in [0, 0.1) is 0 Å². The van der Waals surface area contributed by atoms with Gasteiger partial charge in [-0.15, -0.1) is 0 Å². The van der Waals surface area contributed by atoms with Crippen molar-refractivity contribution in [1.82, 2.24) is 20.1 Å². The lowest BCUT2D eigenvalue weighted by molar-refractivity contribution is -0.118. The van der Waals surface area contributed by atoms with Crippen molar-refractivity contribution >= 4 is 22.7 Å². The van der Waals surface area contributed by atoms with Gasteiger partial charge in [-0.2, -0.15) is 5.10 Å². The Morgan fingerprint density at radius 3 is 2.96 bits per heavy atom. The fraction of sp³-hybridized carbons (Fsp3) is 0.188. The lowest BCUT2D eigenvalue weighted by atomic mass is 10.1. The number of fused-ring (bicyclic) bond motifs is 1. The molecule has 0 aliphatic rings. The van der Waals surface area contributed by atoms with Crippen LogP contribution in [0.3, 0.4) is 0 Å². The lowest BCUT2D eigenvalue weighted by Gasteiger charge is -2.03. The summed E-state index contributed by atoms with van der Waals surface area (Å²) in [7, 11) is 0. The van der Waals surface area contributed by atoms with Crippen molar-refractivity contribution in [2.75, 3.05) is 6.54 Å². The molecule has 0 unspecified atom stereocenters. The van der Waals surface area contributed by atoms with E-state index in [-0.39, 0.29) is 12.5 Å². The largest absolute Gasteiger partial charge is 0.368 e. The third kappa shape index (κ3) is 3.39. The predicted molar refractivity (Wildman–Crippen MR) is 85.8 cm³/mol. The van der Waals surface area contributed by atoms with Crippen LogP contribution in [0.1, 0.15) is 15.9 Å². The highest BCUT2D eigenvalue weighted by atomic mass is 16.2. The zero-order valence-corrected chi connectivity index (χ0v) is 12.5. The molecule has 0 radical (unpaired) electrons. The molecule has 0 spiro atoms. The van der Waals surface area contributed by atoms with Crippen LogP contribution in [0.15, 0.2) is 42.9 Å². The van der Waals surface area contributed by atoms with Crippen molar-refractivity contribution in [3.63, 3.8) is 0 Å². The van der Waals surface area contributed by atoms with E-state index in [0.29, 0.717) is 12.1 Å². The Hall–Kier alpha value is -3.09. The van der Waals surface area contributed by atoms with E-state index < -0.39 is 5.91 Å². The number of nitrogens with two attached hydrogens (primary N) is 1. The number of nitrogens with zero attached hydrogens (tertiary/aromatic N) is 2. The number of primary amides is 1. The average Bonchev–Trinajstić information content (AvgIpc) is 3.14. The molecule has 0 aliphatic heterocycles. The van der Waals surface area contributed by atoms with Crippen LogP contribution in [0.25, 0.3) is 10.9 Å². The molecule has 2 heterocycles. The van der Waals surface area contributed by atoms with Crippen molar-refractivity contribution in [3.05, 3.63) is 54.0 Å². The van der Waals surface area contributed by atoms with Gasteiger partial charge in [0.1, 0.15) is 6.54 Å². The summed E-state index contributed by atoms with van der Waals surface area (Å²) in [5.41, 5.74) is 7.74. The van der Waals surface area contributed by atoms with Crippen LogP contribution in [0.5, 0.6) is 0 Å². The molecule has 0 fully saturated rings. The molecule has 2 aromatic heterocycles. The number of benzene rings is 1. The summed E-state index contributed by atoms with van der Waals surface area (Å²) in [6, 6.07) is 8.04. The number of para-hydroxylation sites is 1. The van der Waals surface area contributed by atoms with Gasteiger partial charge in [0.2, 0.25) is 5.91 Å². The molecule has 3 aromatic rings. The molecule has 0 saturated heterocycles. The molecule has 3 rings (SSSR count). The summed E-state index contributed by atoms with van der Waals surface area (Å²) < 4.78 is 1.34. The predicted octanol–water partition coefficient (Wildman–Crippen LogP) is 0.822. The van der Waals surface area contributed by atoms with E-state index in [9.17, 15) is 9.59 Å². The topological polar surface area (TPSA) is 106 Å². The van der Waals surface area contributed by atoms with E-state index in [2.05, 4.69) is 21.5 Å². The van der Waals surface area contributed by atoms with Crippen molar-refractivity contribution in [2.45, 2.75) is 13.0 Å². The van der Waals surface area contributed by atoms with E-state index in [0.717, 1.165) is 22.9 Å². The molecule has 0 bridgehead atoms. The number of aromatic amines is 1. The average molecular weight is 311 g/mol. The Balaban J connectivity index is 1.57. The Morgan fingerprint density at radius 2 is 2.13 bits per heavy atom. The summed E-state index contributed by atoms with van der Waals surface area (Å²) in [6.45, 7) is 0.476. The minimum Gasteiger partial charge on any atom is -0.368 e. The number of carbonyl (C=O) groups is 2. The quantitative estimate of drug-likeness (QED) is 0.627. The highest BCUT2D eigenvalue weighted by Gasteiger charge is 2.10. The van der Waals surface area contributed by atoms with E-state index >= 15 is 0 Å². The number of hydrogen-bond donors (Lipinski definition) is 3. The molecule has 0 aliphatic carbocycles. The summed E-state index contributed by atoms with van der Waals surface area (Å²) in [6.07, 6.45) is 5.61. The first-order valence-electron chi connectivity index (χ1n) is 7.27. The number of nitrogens with one attached hydrogen (secondary N) is 2. The van der Waals surface area contributed by atoms with Crippen molar-refractivity contribution in [1.29, 1.82) is 0 Å². The maximum absolute atomic E-state index is 12.0. The third-order valence-corrected chi connectivity index (χ3v) is 3.57. The number of carbonyl (C=O) groups excluding carboxylic acids is 2. The normalized spacial score (nSPS) is 10.8. The third-order valence-electron chi connectivity index (χ3n) is 3.57. The lowest BCUT2D eigenvalue weighted by Crippen LogP contribution is -2.25. The van der Waals surface area contributed by atoms with E-state index in [1.165, 1.54) is 17.1 Å². The maximum Gasteiger partial charge on any atom is 0.254 e. The van der Waals surface area contributed by atoms with Crippen LogP contribution in [-0.2, 0) is 17.8 Å². The van der Waals surface area contributed by atoms with Gasteiger partial charge in [-0.1, -0.05) is 18.2 Å². The molecule has 23 heavy (non-hydrogen) atoms. The molecule has 0 atom stereocenters. The zero-order valence-electron chi connectivity index (χ0n) is 12.5. The van der Waals surface area contributed by atoms with Gasteiger partial charge < -0.3 is 16.0 Å². The summed E-state index contributed by atoms with van der Waals surface area (Å²) in [5.74, 6) is -0.722. The van der Waals surface area contributed by atoms with Gasteiger partial charge in [0, 0.05) is 29.8 Å². The smallest absolute Gasteiger partial charge is 0.254 e. The Kier molecular flexibility index (Phi) is 4.09. The summed E-state index contributed by atoms with van der Waals surface area (Å²) >= 11 is 0. The van der Waals surface area contributed by atoms with Crippen molar-refractivity contribution in [2.24, 2.45) is 5.73 Å². The second-order valence-electron chi connectivity index (χ2n) is 5.26. The molecule has 4 N–H and O–H groups in total. The van der Waals surface area contributed by atoms with Crippen LogP contribution in [-0.4, -0.2) is 33.1 Å². The first kappa shape index (κ1) is 14.8. The molecule has 1 aromatic carbocycles. The van der Waals surface area contributed by atoms with Gasteiger partial charge in [-0.3, -0.25) is 14.3 Å². The second-order valence-corrected chi connectivity index (χ2v) is 5.26. The molecule has 0 saturated carbocycles. The molecule has 7 nitrogen and oxygen atoms in total. The Labute approximate surface area is 132 Å². The zero-order chi connectivity index (χ0) is 16.2. The molecule has 7 heteroatoms. The molecular weight excluding hydrogens is 294 g/mol. The number of amides is 2. The van der Waals surface area contributed by atoms with Crippen LogP contribution in [0.4, 0.5) is 0 Å². The van der Waals surface area contributed by atoms with Crippen LogP contribution in [0.2, 0.25) is 0 Å². The standard InChI is InChI=1S/C16H17N5O2/c17-15(22)10-21-9-12(8-20-21)16(23)18-6-5-11-7-19-14-4-2-1-3-13(11)14/h1-4,7-9,19H,5-6,10H2,(H2,17,22)(H,18,23). The van der Waals surface area contributed by atoms with E-state index in [1.807, 2.05) is 24.4 Å². The van der Waals surface area contributed by atoms with Crippen molar-refractivity contribution in [3.8, 4) is 0 Å². The van der Waals surface area contributed by atoms with Crippen LogP contribution >= 0.6 is 0 Å². The van der Waals surface area contributed by atoms with Gasteiger partial charge in [0.25, 0.3) is 5.91 Å². The maximum atomic E-state index is 12.0. The monoisotopic (exact) mass is 311 g/mol. The first-order chi connectivity index (χ1) is 11.1. The minimum atomic E-state index is -0.501. The number of rotatable bonds is 6. The van der Waals surface area contributed by atoms with Crippen molar-refractivity contribution < 1.29 is 9.59 Å². The summed E-state index contributed by atoms with van der Waals surface area (Å²) in [5, 5.41) is 7.94. The van der Waals surface area contributed by atoms with Gasteiger partial charge in [0.05, 0.1) is 11.8 Å². The van der Waals surface area contributed by atoms with Gasteiger partial charge in [0.15, 0.2) is 0 Å². The van der Waals surface area contributed by atoms with Gasteiger partial charge >= 0.3 is 0 Å². The fourth-order valence-electron chi connectivity index (χ4n) is 2.48. The van der Waals surface area contributed by atoms with Gasteiger partial charge in [-0.05, 0) is 18.1 Å². The molecule has 118 valence electrons. The van der Waals surface area contributed by atoms with Gasteiger partial charge in [-0.25, -0.2) is 0 Å². The minimum absolute atomic E-state index is 0.0391. The molecule has 2 amide bonds. The van der Waals surface area contributed by atoms with Crippen LogP contribution < -0.4 is 11.1 Å². The highest BCUT2D eigenvalue weighted by Crippen LogP contribution is 2.17. The van der Waals surface area contributed by atoms with E-state index in [4.69, 9.17) is 5.73 Å². The molecular formula is C16H17N5O2. The highest BCUT2D eigenvalue weighted by molar-refractivity contribution is 5.93. The summed E-state index contributed by atoms with van der Waals surface area (Å²) in [4.78, 5) is 26.1. The number of aromatic nitrogens is 3. The van der Waals surface area contributed by atoms with E-state index in [1.54, 1.807) is 0 Å².